The van der Waals surface area contributed by atoms with Crippen molar-refractivity contribution in [3.8, 4) is 0 Å². The second-order valence-electron chi connectivity index (χ2n) is 2.72. The molecule has 1 fully saturated rings. The maximum absolute atomic E-state index is 9.47. The van der Waals surface area contributed by atoms with Gasteiger partial charge in [-0.15, -0.1) is 0 Å². The minimum absolute atomic E-state index is 0.0111. The first-order valence-corrected chi connectivity index (χ1v) is 5.09. The zero-order valence-corrected chi connectivity index (χ0v) is 7.88. The molecule has 2 unspecified atom stereocenters. The minimum Gasteiger partial charge on any atom is -0.168 e. The van der Waals surface area contributed by atoms with Gasteiger partial charge in [-0.25, -0.2) is 0 Å². The van der Waals surface area contributed by atoms with E-state index in [4.69, 9.17) is 13.6 Å². The van der Waals surface area contributed by atoms with E-state index in [1.165, 1.54) is 7.11 Å². The normalized spacial score (nSPS) is 45.8. The van der Waals surface area contributed by atoms with Crippen molar-refractivity contribution in [1.82, 2.24) is 0 Å². The molecule has 0 radical (unpaired) electrons. The highest BCUT2D eigenvalue weighted by Gasteiger charge is 2.50. The van der Waals surface area contributed by atoms with Crippen LogP contribution in [0.3, 0.4) is 0 Å². The summed E-state index contributed by atoms with van der Waals surface area (Å²) < 4.78 is 15.0. The molecule has 0 bridgehead atoms. The molecule has 0 aromatic heterocycles. The summed E-state index contributed by atoms with van der Waals surface area (Å²) in [4.78, 5) is 9.47. The molecule has 1 aliphatic rings. The predicted molar refractivity (Wildman–Crippen MR) is 41.9 cm³/mol. The summed E-state index contributed by atoms with van der Waals surface area (Å²) in [6, 6.07) is 0. The fraction of sp³-hybridized carbons (Fsp3) is 1.00. The van der Waals surface area contributed by atoms with Crippen LogP contribution >= 0.6 is 8.17 Å². The van der Waals surface area contributed by atoms with Crippen LogP contribution in [0.25, 0.3) is 0 Å². The van der Waals surface area contributed by atoms with Gasteiger partial charge in [0.15, 0.2) is 0 Å². The maximum Gasteiger partial charge on any atom is 0.572 e. The molecule has 4 nitrogen and oxygen atoms in total. The van der Waals surface area contributed by atoms with Crippen molar-refractivity contribution in [1.29, 1.82) is 0 Å². The van der Waals surface area contributed by atoms with E-state index in [0.717, 1.165) is 6.42 Å². The van der Waals surface area contributed by atoms with Gasteiger partial charge >= 0.3 is 8.17 Å². The van der Waals surface area contributed by atoms with E-state index >= 15 is 0 Å². The molecule has 0 aromatic rings. The average molecular weight is 181 g/mol. The second-order valence-corrected chi connectivity index (χ2v) is 4.44. The number of hydrogen-bond donors (Lipinski definition) is 1. The summed E-state index contributed by atoms with van der Waals surface area (Å²) in [6.45, 7) is 3.78. The molecule has 66 valence electrons. The summed E-state index contributed by atoms with van der Waals surface area (Å²) in [7, 11) is -1.57. The highest BCUT2D eigenvalue weighted by molar-refractivity contribution is 7.55. The van der Waals surface area contributed by atoms with Crippen LogP contribution in [0, 0.1) is 0 Å². The Kier molecular flexibility index (Phi) is 2.84. The van der Waals surface area contributed by atoms with E-state index in [-0.39, 0.29) is 12.2 Å². The maximum atomic E-state index is 9.47. The van der Waals surface area contributed by atoms with Gasteiger partial charge in [0.25, 0.3) is 0 Å². The van der Waals surface area contributed by atoms with Crippen LogP contribution in [0.2, 0.25) is 0 Å². The van der Waals surface area contributed by atoms with Crippen LogP contribution in [0.15, 0.2) is 0 Å². The molecule has 5 heteroatoms. The van der Waals surface area contributed by atoms with Crippen LogP contribution in [0.5, 0.6) is 0 Å². The molecular weight excluding hydrogens is 167 g/mol. The lowest BCUT2D eigenvalue weighted by Gasteiger charge is -2.26. The Morgan fingerprint density at radius 3 is 2.18 bits per heavy atom. The van der Waals surface area contributed by atoms with Gasteiger partial charge in [-0.2, -0.15) is 18.5 Å². The van der Waals surface area contributed by atoms with E-state index in [0.29, 0.717) is 0 Å². The molecule has 0 aromatic carbocycles. The summed E-state index contributed by atoms with van der Waals surface area (Å²) in [5.41, 5.74) is 0. The minimum atomic E-state index is -2.96. The molecular formula is C6H14O4P+. The molecule has 1 aliphatic heterocycles. The molecule has 1 heterocycles. The fourth-order valence-electron chi connectivity index (χ4n) is 1.12. The second kappa shape index (κ2) is 3.33. The molecule has 2 atom stereocenters. The Labute approximate surface area is 67.1 Å². The number of rotatable bonds is 1. The Bertz CT molecular complexity index is 131. The summed E-state index contributed by atoms with van der Waals surface area (Å²) in [5, 5.41) is 0. The Morgan fingerprint density at radius 2 is 1.82 bits per heavy atom. The van der Waals surface area contributed by atoms with Gasteiger partial charge in [0.1, 0.15) is 12.2 Å². The highest BCUT2D eigenvalue weighted by atomic mass is 31.2. The van der Waals surface area contributed by atoms with Crippen molar-refractivity contribution in [2.45, 2.75) is 32.5 Å². The van der Waals surface area contributed by atoms with Gasteiger partial charge in [-0.3, -0.25) is 0 Å². The topological polar surface area (TPSA) is 47.9 Å². The van der Waals surface area contributed by atoms with Crippen LogP contribution in [0.4, 0.5) is 0 Å². The van der Waals surface area contributed by atoms with Gasteiger partial charge in [0, 0.05) is 6.42 Å². The predicted octanol–water partition coefficient (Wildman–Crippen LogP) is 1.52. The van der Waals surface area contributed by atoms with E-state index in [2.05, 4.69) is 0 Å². The molecule has 1 saturated heterocycles. The van der Waals surface area contributed by atoms with Crippen LogP contribution < -0.4 is 0 Å². The third kappa shape index (κ3) is 2.36. The quantitative estimate of drug-likeness (QED) is 0.623. The van der Waals surface area contributed by atoms with Gasteiger partial charge < -0.3 is 0 Å². The molecule has 1 N–H and O–H groups in total. The zero-order valence-electron chi connectivity index (χ0n) is 6.98. The Morgan fingerprint density at radius 1 is 1.36 bits per heavy atom. The van der Waals surface area contributed by atoms with Gasteiger partial charge in [0.05, 0.1) is 7.11 Å². The Balaban J connectivity index is 2.55. The summed E-state index contributed by atoms with van der Waals surface area (Å²) in [6.07, 6.45) is 0.820. The van der Waals surface area contributed by atoms with Crippen LogP contribution in [-0.2, 0) is 13.6 Å². The molecule has 0 spiro atoms. The smallest absolute Gasteiger partial charge is 0.168 e. The van der Waals surface area contributed by atoms with Gasteiger partial charge in [0.2, 0.25) is 0 Å². The van der Waals surface area contributed by atoms with Gasteiger partial charge in [-0.1, -0.05) is 0 Å². The van der Waals surface area contributed by atoms with E-state index in [9.17, 15) is 4.89 Å². The van der Waals surface area contributed by atoms with E-state index in [1.54, 1.807) is 0 Å². The average Bonchev–Trinajstić information content (AvgIpc) is 1.84. The molecule has 1 rings (SSSR count). The largest absolute Gasteiger partial charge is 0.572 e. The number of hydrogen-bond acceptors (Lipinski definition) is 4. The van der Waals surface area contributed by atoms with E-state index < -0.39 is 8.17 Å². The lowest BCUT2D eigenvalue weighted by atomic mass is 10.2. The fourth-order valence-corrected chi connectivity index (χ4v) is 2.42. The standard InChI is InChI=1S/C6H14O4P/c1-5-4-6(2)10-11(7,8-3)9-5/h5-7H,4H2,1-3H3/q+1. The first kappa shape index (κ1) is 9.36. The lowest BCUT2D eigenvalue weighted by molar-refractivity contribution is -0.0124. The molecule has 0 saturated carbocycles. The molecule has 11 heavy (non-hydrogen) atoms. The summed E-state index contributed by atoms with van der Waals surface area (Å²) in [5.74, 6) is 0. The van der Waals surface area contributed by atoms with Crippen molar-refractivity contribution >= 4 is 8.17 Å². The van der Waals surface area contributed by atoms with E-state index in [1.807, 2.05) is 13.8 Å². The van der Waals surface area contributed by atoms with Gasteiger partial charge in [-0.05, 0) is 13.8 Å². The lowest BCUT2D eigenvalue weighted by Crippen LogP contribution is -2.27. The van der Waals surface area contributed by atoms with Crippen molar-refractivity contribution in [2.75, 3.05) is 7.11 Å². The van der Waals surface area contributed by atoms with Crippen LogP contribution in [0.1, 0.15) is 20.3 Å². The van der Waals surface area contributed by atoms with Crippen molar-refractivity contribution in [3.63, 3.8) is 0 Å². The highest BCUT2D eigenvalue weighted by Crippen LogP contribution is 2.61. The third-order valence-electron chi connectivity index (χ3n) is 1.52. The monoisotopic (exact) mass is 181 g/mol. The van der Waals surface area contributed by atoms with Crippen LogP contribution in [-0.4, -0.2) is 24.2 Å². The summed E-state index contributed by atoms with van der Waals surface area (Å²) >= 11 is 0. The first-order valence-electron chi connectivity index (χ1n) is 3.60. The molecule has 0 amide bonds. The SMILES string of the molecule is CO[P+]1(O)OC(C)CC(C)O1. The Hall–Kier alpha value is 0.270. The van der Waals surface area contributed by atoms with Crippen molar-refractivity contribution < 1.29 is 18.5 Å². The third-order valence-corrected chi connectivity index (χ3v) is 3.23. The van der Waals surface area contributed by atoms with Crippen molar-refractivity contribution in [3.05, 3.63) is 0 Å². The zero-order chi connectivity index (χ0) is 8.48. The first-order chi connectivity index (χ1) is 5.06. The molecule has 0 aliphatic carbocycles. The van der Waals surface area contributed by atoms with Crippen molar-refractivity contribution in [2.24, 2.45) is 0 Å².